The van der Waals surface area contributed by atoms with Crippen LogP contribution in [0.2, 0.25) is 0 Å². The van der Waals surface area contributed by atoms with E-state index in [1.807, 2.05) is 12.1 Å². The van der Waals surface area contributed by atoms with Crippen molar-refractivity contribution in [3.63, 3.8) is 0 Å². The third kappa shape index (κ3) is 3.20. The fourth-order valence-electron chi connectivity index (χ4n) is 2.76. The molecule has 5 heteroatoms. The molecule has 0 amide bonds. The average molecular weight is 302 g/mol. The summed E-state index contributed by atoms with van der Waals surface area (Å²) in [6.07, 6.45) is 3.82. The van der Waals surface area contributed by atoms with Crippen molar-refractivity contribution in [2.24, 2.45) is 0 Å². The van der Waals surface area contributed by atoms with Gasteiger partial charge in [-0.25, -0.2) is 9.37 Å². The van der Waals surface area contributed by atoms with Crippen molar-refractivity contribution in [3.05, 3.63) is 47.9 Å². The number of hydrogen-bond donors (Lipinski definition) is 1. The van der Waals surface area contributed by atoms with Gasteiger partial charge >= 0.3 is 0 Å². The first kappa shape index (κ1) is 14.8. The third-order valence-corrected chi connectivity index (χ3v) is 3.91. The Morgan fingerprint density at radius 2 is 2.00 bits per heavy atom. The summed E-state index contributed by atoms with van der Waals surface area (Å²) >= 11 is 0. The lowest BCUT2D eigenvalue weighted by Crippen LogP contribution is -2.26. The van der Waals surface area contributed by atoms with Gasteiger partial charge in [0.05, 0.1) is 7.11 Å². The predicted octanol–water partition coefficient (Wildman–Crippen LogP) is 3.49. The van der Waals surface area contributed by atoms with E-state index in [1.165, 1.54) is 19.2 Å². The molecule has 0 bridgehead atoms. The summed E-state index contributed by atoms with van der Waals surface area (Å²) in [5.74, 6) is 1.47. The summed E-state index contributed by atoms with van der Waals surface area (Å²) in [5.41, 5.74) is 1.09. The van der Waals surface area contributed by atoms with E-state index in [0.29, 0.717) is 23.3 Å². The lowest BCUT2D eigenvalue weighted by atomic mass is 9.91. The molecule has 1 aromatic heterocycles. The zero-order valence-electron chi connectivity index (χ0n) is 12.5. The van der Waals surface area contributed by atoms with Gasteiger partial charge in [0.2, 0.25) is 5.88 Å². The van der Waals surface area contributed by atoms with Crippen LogP contribution in [0, 0.1) is 5.82 Å². The van der Waals surface area contributed by atoms with Crippen molar-refractivity contribution in [1.29, 1.82) is 0 Å². The number of methoxy groups -OCH3 is 1. The van der Waals surface area contributed by atoms with E-state index in [4.69, 9.17) is 9.47 Å². The molecule has 0 radical (unpaired) electrons. The largest absolute Gasteiger partial charge is 0.493 e. The van der Waals surface area contributed by atoms with Crippen molar-refractivity contribution in [1.82, 2.24) is 10.3 Å². The maximum Gasteiger partial charge on any atom is 0.222 e. The van der Waals surface area contributed by atoms with Gasteiger partial charge in [-0.1, -0.05) is 6.07 Å². The maximum atomic E-state index is 13.3. The van der Waals surface area contributed by atoms with Gasteiger partial charge in [0, 0.05) is 17.8 Å². The SMILES string of the molecule is COc1cc(F)ccc1Oc1ncccc1C1CCNCC1. The Bertz CT molecular complexity index is 642. The predicted molar refractivity (Wildman–Crippen MR) is 82.1 cm³/mol. The fraction of sp³-hybridized carbons (Fsp3) is 0.353. The standard InChI is InChI=1S/C17H19FN2O2/c1-21-16-11-13(18)4-5-15(16)22-17-14(3-2-8-20-17)12-6-9-19-10-7-12/h2-5,8,11-12,19H,6-7,9-10H2,1H3. The number of hydrogen-bond acceptors (Lipinski definition) is 4. The summed E-state index contributed by atoms with van der Waals surface area (Å²) < 4.78 is 24.4. The van der Waals surface area contributed by atoms with E-state index >= 15 is 0 Å². The molecule has 0 unspecified atom stereocenters. The lowest BCUT2D eigenvalue weighted by molar-refractivity contribution is 0.365. The third-order valence-electron chi connectivity index (χ3n) is 3.91. The van der Waals surface area contributed by atoms with Crippen molar-refractivity contribution in [3.8, 4) is 17.4 Å². The highest BCUT2D eigenvalue weighted by atomic mass is 19.1. The Morgan fingerprint density at radius 3 is 2.77 bits per heavy atom. The molecule has 1 N–H and O–H groups in total. The van der Waals surface area contributed by atoms with E-state index in [0.717, 1.165) is 31.5 Å². The molecule has 22 heavy (non-hydrogen) atoms. The summed E-state index contributed by atoms with van der Waals surface area (Å²) in [5, 5.41) is 3.36. The molecule has 1 fully saturated rings. The molecule has 116 valence electrons. The van der Waals surface area contributed by atoms with Gasteiger partial charge < -0.3 is 14.8 Å². The van der Waals surface area contributed by atoms with Crippen LogP contribution in [-0.2, 0) is 0 Å². The summed E-state index contributed by atoms with van der Waals surface area (Å²) in [4.78, 5) is 4.36. The minimum Gasteiger partial charge on any atom is -0.493 e. The van der Waals surface area contributed by atoms with Crippen LogP contribution in [0.4, 0.5) is 4.39 Å². The van der Waals surface area contributed by atoms with E-state index in [9.17, 15) is 4.39 Å². The highest BCUT2D eigenvalue weighted by Crippen LogP contribution is 2.36. The van der Waals surface area contributed by atoms with E-state index in [1.54, 1.807) is 12.3 Å². The molecule has 1 aliphatic rings. The quantitative estimate of drug-likeness (QED) is 0.939. The molecule has 1 aromatic carbocycles. The van der Waals surface area contributed by atoms with Gasteiger partial charge in [0.15, 0.2) is 11.5 Å². The minimum absolute atomic E-state index is 0.358. The Kier molecular flexibility index (Phi) is 4.53. The van der Waals surface area contributed by atoms with E-state index < -0.39 is 0 Å². The number of ether oxygens (including phenoxy) is 2. The second-order valence-corrected chi connectivity index (χ2v) is 5.32. The Balaban J connectivity index is 1.89. The van der Waals surface area contributed by atoms with Crippen molar-refractivity contribution < 1.29 is 13.9 Å². The maximum absolute atomic E-state index is 13.3. The molecule has 2 heterocycles. The monoisotopic (exact) mass is 302 g/mol. The number of rotatable bonds is 4. The van der Waals surface area contributed by atoms with Gasteiger partial charge in [0.25, 0.3) is 0 Å². The first-order valence-electron chi connectivity index (χ1n) is 7.45. The molecular weight excluding hydrogens is 283 g/mol. The first-order valence-corrected chi connectivity index (χ1v) is 7.45. The lowest BCUT2D eigenvalue weighted by Gasteiger charge is -2.24. The van der Waals surface area contributed by atoms with Crippen molar-refractivity contribution >= 4 is 0 Å². The highest BCUT2D eigenvalue weighted by Gasteiger charge is 2.20. The summed E-state index contributed by atoms with van der Waals surface area (Å²) in [7, 11) is 1.49. The molecule has 0 spiro atoms. The van der Waals surface area contributed by atoms with Crippen LogP contribution in [0.15, 0.2) is 36.5 Å². The minimum atomic E-state index is -0.358. The van der Waals surface area contributed by atoms with Crippen LogP contribution in [0.1, 0.15) is 24.3 Å². The number of nitrogens with zero attached hydrogens (tertiary/aromatic N) is 1. The number of halogens is 1. The number of nitrogens with one attached hydrogen (secondary N) is 1. The zero-order valence-corrected chi connectivity index (χ0v) is 12.5. The van der Waals surface area contributed by atoms with Crippen LogP contribution in [-0.4, -0.2) is 25.2 Å². The molecular formula is C17H19FN2O2. The van der Waals surface area contributed by atoms with Crippen LogP contribution in [0.25, 0.3) is 0 Å². The van der Waals surface area contributed by atoms with Crippen LogP contribution < -0.4 is 14.8 Å². The highest BCUT2D eigenvalue weighted by molar-refractivity contribution is 5.43. The molecule has 3 rings (SSSR count). The van der Waals surface area contributed by atoms with Gasteiger partial charge in [-0.2, -0.15) is 0 Å². The molecule has 4 nitrogen and oxygen atoms in total. The normalized spacial score (nSPS) is 15.5. The second kappa shape index (κ2) is 6.75. The van der Waals surface area contributed by atoms with E-state index in [-0.39, 0.29) is 5.82 Å². The number of piperidine rings is 1. The van der Waals surface area contributed by atoms with Gasteiger partial charge in [-0.05, 0) is 50.0 Å². The molecule has 0 saturated carbocycles. The second-order valence-electron chi connectivity index (χ2n) is 5.32. The number of aromatic nitrogens is 1. The van der Waals surface area contributed by atoms with Crippen LogP contribution in [0.3, 0.4) is 0 Å². The van der Waals surface area contributed by atoms with E-state index in [2.05, 4.69) is 10.3 Å². The Labute approximate surface area is 129 Å². The first-order chi connectivity index (χ1) is 10.8. The van der Waals surface area contributed by atoms with Crippen molar-refractivity contribution in [2.45, 2.75) is 18.8 Å². The summed E-state index contributed by atoms with van der Waals surface area (Å²) in [6, 6.07) is 8.20. The smallest absolute Gasteiger partial charge is 0.222 e. The molecule has 2 aromatic rings. The zero-order chi connectivity index (χ0) is 15.4. The number of benzene rings is 1. The van der Waals surface area contributed by atoms with Crippen LogP contribution in [0.5, 0.6) is 17.4 Å². The molecule has 1 aliphatic heterocycles. The average Bonchev–Trinajstić information content (AvgIpc) is 2.57. The molecule has 1 saturated heterocycles. The summed E-state index contributed by atoms with van der Waals surface area (Å²) in [6.45, 7) is 2.00. The van der Waals surface area contributed by atoms with Gasteiger partial charge in [-0.15, -0.1) is 0 Å². The Hall–Kier alpha value is -2.14. The molecule has 0 atom stereocenters. The molecule has 0 aliphatic carbocycles. The number of pyridine rings is 1. The topological polar surface area (TPSA) is 43.4 Å². The van der Waals surface area contributed by atoms with Gasteiger partial charge in [-0.3, -0.25) is 0 Å². The van der Waals surface area contributed by atoms with Crippen LogP contribution >= 0.6 is 0 Å². The Morgan fingerprint density at radius 1 is 1.18 bits per heavy atom. The fourth-order valence-corrected chi connectivity index (χ4v) is 2.76. The van der Waals surface area contributed by atoms with Crippen molar-refractivity contribution in [2.75, 3.05) is 20.2 Å². The van der Waals surface area contributed by atoms with Gasteiger partial charge in [0.1, 0.15) is 5.82 Å².